The van der Waals surface area contributed by atoms with Crippen molar-refractivity contribution >= 4 is 21.9 Å². The van der Waals surface area contributed by atoms with Crippen LogP contribution in [0.2, 0.25) is 0 Å². The van der Waals surface area contributed by atoms with Crippen LogP contribution in [0.5, 0.6) is 0 Å². The SMILES string of the molecule is O=C(O)c1ncoc1-c1c(F)cc(Br)cc1F. The van der Waals surface area contributed by atoms with Crippen molar-refractivity contribution in [2.24, 2.45) is 0 Å². The smallest absolute Gasteiger partial charge is 0.358 e. The Morgan fingerprint density at radius 1 is 1.35 bits per heavy atom. The van der Waals surface area contributed by atoms with Crippen LogP contribution in [0.3, 0.4) is 0 Å². The summed E-state index contributed by atoms with van der Waals surface area (Å²) in [5, 5.41) is 8.78. The zero-order valence-electron chi connectivity index (χ0n) is 8.08. The number of benzene rings is 1. The minimum atomic E-state index is -1.42. The van der Waals surface area contributed by atoms with Crippen molar-refractivity contribution < 1.29 is 23.1 Å². The van der Waals surface area contributed by atoms with E-state index in [1.54, 1.807) is 0 Å². The van der Waals surface area contributed by atoms with Gasteiger partial charge in [0.25, 0.3) is 0 Å². The summed E-state index contributed by atoms with van der Waals surface area (Å²) in [7, 11) is 0. The van der Waals surface area contributed by atoms with Crippen LogP contribution in [0.4, 0.5) is 8.78 Å². The number of carboxylic acids is 1. The maximum absolute atomic E-state index is 13.6. The van der Waals surface area contributed by atoms with E-state index in [9.17, 15) is 13.6 Å². The highest BCUT2D eigenvalue weighted by atomic mass is 79.9. The van der Waals surface area contributed by atoms with Gasteiger partial charge in [0.15, 0.2) is 17.8 Å². The fourth-order valence-corrected chi connectivity index (χ4v) is 1.74. The van der Waals surface area contributed by atoms with E-state index >= 15 is 0 Å². The molecule has 0 saturated carbocycles. The molecule has 0 unspecified atom stereocenters. The summed E-state index contributed by atoms with van der Waals surface area (Å²) >= 11 is 2.92. The molecule has 88 valence electrons. The van der Waals surface area contributed by atoms with Gasteiger partial charge in [0.05, 0.1) is 5.56 Å². The molecule has 0 aliphatic rings. The summed E-state index contributed by atoms with van der Waals surface area (Å²) in [6.07, 6.45) is 0.819. The highest BCUT2D eigenvalue weighted by molar-refractivity contribution is 9.10. The highest BCUT2D eigenvalue weighted by Crippen LogP contribution is 2.31. The van der Waals surface area contributed by atoms with E-state index < -0.39 is 34.6 Å². The third-order valence-corrected chi connectivity index (χ3v) is 2.46. The molecule has 0 radical (unpaired) electrons. The Labute approximate surface area is 102 Å². The number of halogens is 3. The summed E-state index contributed by atoms with van der Waals surface area (Å²) in [6, 6.07) is 2.01. The Bertz CT molecular complexity index is 574. The van der Waals surface area contributed by atoms with Gasteiger partial charge in [-0.2, -0.15) is 0 Å². The predicted octanol–water partition coefficient (Wildman–Crippen LogP) is 3.08. The first-order valence-electron chi connectivity index (χ1n) is 4.32. The Hall–Kier alpha value is -1.76. The number of carboxylic acid groups (broad SMARTS) is 1. The normalized spacial score (nSPS) is 10.5. The van der Waals surface area contributed by atoms with E-state index in [1.165, 1.54) is 0 Å². The number of aromatic carboxylic acids is 1. The molecule has 0 aliphatic heterocycles. The molecule has 0 bridgehead atoms. The zero-order chi connectivity index (χ0) is 12.6. The van der Waals surface area contributed by atoms with E-state index in [1.807, 2.05) is 0 Å². The number of nitrogens with zero attached hydrogens (tertiary/aromatic N) is 1. The van der Waals surface area contributed by atoms with Gasteiger partial charge in [-0.25, -0.2) is 18.6 Å². The van der Waals surface area contributed by atoms with Crippen molar-refractivity contribution in [3.8, 4) is 11.3 Å². The molecule has 7 heteroatoms. The summed E-state index contributed by atoms with van der Waals surface area (Å²) in [5.74, 6) is -3.73. The minimum Gasteiger partial charge on any atom is -0.476 e. The van der Waals surface area contributed by atoms with Gasteiger partial charge in [-0.1, -0.05) is 15.9 Å². The van der Waals surface area contributed by atoms with Crippen LogP contribution in [0.25, 0.3) is 11.3 Å². The molecule has 1 N–H and O–H groups in total. The average Bonchev–Trinajstić information content (AvgIpc) is 2.64. The summed E-state index contributed by atoms with van der Waals surface area (Å²) in [6.45, 7) is 0. The molecular weight excluding hydrogens is 300 g/mol. The van der Waals surface area contributed by atoms with Gasteiger partial charge in [0, 0.05) is 4.47 Å². The van der Waals surface area contributed by atoms with Gasteiger partial charge in [-0.3, -0.25) is 0 Å². The van der Waals surface area contributed by atoms with Crippen molar-refractivity contribution in [3.05, 3.63) is 40.3 Å². The Balaban J connectivity index is 2.69. The summed E-state index contributed by atoms with van der Waals surface area (Å²) < 4.78 is 32.1. The van der Waals surface area contributed by atoms with Gasteiger partial charge in [0.1, 0.15) is 11.6 Å². The molecule has 1 heterocycles. The molecule has 0 spiro atoms. The number of aromatic nitrogens is 1. The molecule has 2 aromatic rings. The van der Waals surface area contributed by atoms with Crippen molar-refractivity contribution in [3.63, 3.8) is 0 Å². The molecule has 0 amide bonds. The van der Waals surface area contributed by atoms with Gasteiger partial charge >= 0.3 is 5.97 Å². The second-order valence-electron chi connectivity index (χ2n) is 3.08. The molecule has 0 saturated heterocycles. The largest absolute Gasteiger partial charge is 0.476 e. The lowest BCUT2D eigenvalue weighted by Crippen LogP contribution is -2.01. The number of carbonyl (C=O) groups is 1. The lowest BCUT2D eigenvalue weighted by atomic mass is 10.1. The van der Waals surface area contributed by atoms with Crippen molar-refractivity contribution in [1.82, 2.24) is 4.98 Å². The molecule has 4 nitrogen and oxygen atoms in total. The highest BCUT2D eigenvalue weighted by Gasteiger charge is 2.23. The van der Waals surface area contributed by atoms with E-state index in [-0.39, 0.29) is 4.47 Å². The lowest BCUT2D eigenvalue weighted by molar-refractivity contribution is 0.0691. The van der Waals surface area contributed by atoms with Crippen molar-refractivity contribution in [2.75, 3.05) is 0 Å². The summed E-state index contributed by atoms with van der Waals surface area (Å²) in [4.78, 5) is 14.2. The van der Waals surface area contributed by atoms with E-state index in [4.69, 9.17) is 9.52 Å². The molecule has 17 heavy (non-hydrogen) atoms. The van der Waals surface area contributed by atoms with Gasteiger partial charge in [-0.05, 0) is 12.1 Å². The van der Waals surface area contributed by atoms with Crippen LogP contribution < -0.4 is 0 Å². The predicted molar refractivity (Wildman–Crippen MR) is 56.5 cm³/mol. The molecule has 0 atom stereocenters. The van der Waals surface area contributed by atoms with Gasteiger partial charge in [0.2, 0.25) is 0 Å². The number of hydrogen-bond acceptors (Lipinski definition) is 3. The Morgan fingerprint density at radius 2 is 1.94 bits per heavy atom. The molecule has 1 aromatic heterocycles. The first-order valence-corrected chi connectivity index (χ1v) is 5.11. The lowest BCUT2D eigenvalue weighted by Gasteiger charge is -2.03. The van der Waals surface area contributed by atoms with Crippen LogP contribution >= 0.6 is 15.9 Å². The topological polar surface area (TPSA) is 63.3 Å². The summed E-state index contributed by atoms with van der Waals surface area (Å²) in [5.41, 5.74) is -1.09. The fourth-order valence-electron chi connectivity index (χ4n) is 1.33. The molecule has 1 aromatic carbocycles. The van der Waals surface area contributed by atoms with E-state index in [0.717, 1.165) is 18.5 Å². The molecule has 0 fully saturated rings. The fraction of sp³-hybridized carbons (Fsp3) is 0. The quantitative estimate of drug-likeness (QED) is 0.926. The van der Waals surface area contributed by atoms with E-state index in [0.29, 0.717) is 0 Å². The van der Waals surface area contributed by atoms with Gasteiger partial charge < -0.3 is 9.52 Å². The Kier molecular flexibility index (Phi) is 2.93. The van der Waals surface area contributed by atoms with Gasteiger partial charge in [-0.15, -0.1) is 0 Å². The number of rotatable bonds is 2. The van der Waals surface area contributed by atoms with Crippen LogP contribution in [-0.2, 0) is 0 Å². The van der Waals surface area contributed by atoms with Crippen LogP contribution in [0.1, 0.15) is 10.5 Å². The van der Waals surface area contributed by atoms with E-state index in [2.05, 4.69) is 20.9 Å². The number of oxazole rings is 1. The van der Waals surface area contributed by atoms with Crippen molar-refractivity contribution in [1.29, 1.82) is 0 Å². The molecule has 0 aliphatic carbocycles. The monoisotopic (exact) mass is 303 g/mol. The zero-order valence-corrected chi connectivity index (χ0v) is 9.66. The standard InChI is InChI=1S/C10H4BrF2NO3/c11-4-1-5(12)7(6(13)2-4)9-8(10(15)16)14-3-17-9/h1-3H,(H,15,16). The molecular formula is C10H4BrF2NO3. The first kappa shape index (κ1) is 11.7. The third kappa shape index (κ3) is 2.05. The van der Waals surface area contributed by atoms with Crippen LogP contribution in [0, 0.1) is 11.6 Å². The van der Waals surface area contributed by atoms with Crippen molar-refractivity contribution in [2.45, 2.75) is 0 Å². The van der Waals surface area contributed by atoms with Crippen LogP contribution in [0.15, 0.2) is 27.4 Å². The number of hydrogen-bond donors (Lipinski definition) is 1. The Morgan fingerprint density at radius 3 is 2.47 bits per heavy atom. The maximum Gasteiger partial charge on any atom is 0.358 e. The average molecular weight is 304 g/mol. The minimum absolute atomic E-state index is 0.202. The maximum atomic E-state index is 13.6. The molecule has 2 rings (SSSR count). The second kappa shape index (κ2) is 4.25. The first-order chi connectivity index (χ1) is 8.00. The third-order valence-electron chi connectivity index (χ3n) is 2.00. The second-order valence-corrected chi connectivity index (χ2v) is 4.00. The van der Waals surface area contributed by atoms with Crippen LogP contribution in [-0.4, -0.2) is 16.1 Å².